The molecular weight excluding hydrogens is 550 g/mol. The third-order valence-electron chi connectivity index (χ3n) is 7.97. The lowest BCUT2D eigenvalue weighted by atomic mass is 9.99. The summed E-state index contributed by atoms with van der Waals surface area (Å²) in [5.41, 5.74) is 9.08. The summed E-state index contributed by atoms with van der Waals surface area (Å²) in [7, 11) is 0. The van der Waals surface area contributed by atoms with Crippen LogP contribution in [0.25, 0.3) is 78.7 Å². The van der Waals surface area contributed by atoms with Gasteiger partial charge in [0.2, 0.25) is 0 Å². The minimum Gasteiger partial charge on any atom is -0.456 e. The van der Waals surface area contributed by atoms with Crippen molar-refractivity contribution < 1.29 is 4.42 Å². The molecule has 0 N–H and O–H groups in total. The number of nitrogens with zero attached hydrogens (tertiary/aromatic N) is 3. The average Bonchev–Trinajstić information content (AvgIpc) is 3.57. The molecule has 45 heavy (non-hydrogen) atoms. The minimum atomic E-state index is 0.610. The van der Waals surface area contributed by atoms with Gasteiger partial charge in [-0.25, -0.2) is 15.0 Å². The summed E-state index contributed by atoms with van der Waals surface area (Å²) < 4.78 is 6.12. The molecule has 0 radical (unpaired) electrons. The summed E-state index contributed by atoms with van der Waals surface area (Å²) in [6.45, 7) is 0. The third-order valence-corrected chi connectivity index (χ3v) is 7.97. The number of furan rings is 1. The maximum absolute atomic E-state index is 6.12. The zero-order valence-electron chi connectivity index (χ0n) is 24.3. The van der Waals surface area contributed by atoms with Crippen LogP contribution >= 0.6 is 0 Å². The number of fused-ring (bicyclic) bond motifs is 1. The van der Waals surface area contributed by atoms with E-state index in [9.17, 15) is 0 Å². The maximum Gasteiger partial charge on any atom is 0.164 e. The zero-order valence-corrected chi connectivity index (χ0v) is 24.3. The smallest absolute Gasteiger partial charge is 0.164 e. The van der Waals surface area contributed by atoms with Gasteiger partial charge >= 0.3 is 0 Å². The van der Waals surface area contributed by atoms with Crippen LogP contribution in [0.5, 0.6) is 0 Å². The van der Waals surface area contributed by atoms with E-state index < -0.39 is 0 Å². The molecule has 6 aromatic carbocycles. The number of para-hydroxylation sites is 1. The van der Waals surface area contributed by atoms with E-state index in [-0.39, 0.29) is 0 Å². The number of benzene rings is 6. The minimum absolute atomic E-state index is 0.610. The quantitative estimate of drug-likeness (QED) is 0.197. The lowest BCUT2D eigenvalue weighted by molar-refractivity contribution is 0.631. The molecule has 0 saturated heterocycles. The molecule has 8 aromatic rings. The van der Waals surface area contributed by atoms with Crippen LogP contribution in [-0.2, 0) is 0 Å². The van der Waals surface area contributed by atoms with Crippen LogP contribution in [-0.4, -0.2) is 15.0 Å². The highest BCUT2D eigenvalue weighted by molar-refractivity contribution is 5.84. The Labute approximate surface area is 261 Å². The van der Waals surface area contributed by atoms with Crippen LogP contribution in [0.4, 0.5) is 0 Å². The highest BCUT2D eigenvalue weighted by Crippen LogP contribution is 2.34. The fourth-order valence-corrected chi connectivity index (χ4v) is 5.68. The molecule has 2 heterocycles. The summed E-state index contributed by atoms with van der Waals surface area (Å²) in [5, 5.41) is 1.08. The van der Waals surface area contributed by atoms with E-state index in [2.05, 4.69) is 127 Å². The lowest BCUT2D eigenvalue weighted by Gasteiger charge is -2.12. The Balaban J connectivity index is 1.26. The number of hydrogen-bond donors (Lipinski definition) is 0. The molecule has 0 aliphatic carbocycles. The molecule has 2 aromatic heterocycles. The van der Waals surface area contributed by atoms with Gasteiger partial charge in [-0.1, -0.05) is 146 Å². The SMILES string of the molecule is c1ccc(-c2cccc(-c3nc(-c4ccc(-c5cc6ccccc6o5)cc4)nc(-c4ccccc4-c4ccccc4)n3)c2)cc1. The van der Waals surface area contributed by atoms with E-state index >= 15 is 0 Å². The van der Waals surface area contributed by atoms with Crippen LogP contribution in [0.2, 0.25) is 0 Å². The molecule has 4 heteroatoms. The van der Waals surface area contributed by atoms with Crippen molar-refractivity contribution >= 4 is 11.0 Å². The fourth-order valence-electron chi connectivity index (χ4n) is 5.68. The molecule has 0 aliphatic heterocycles. The molecule has 0 aliphatic rings. The van der Waals surface area contributed by atoms with Gasteiger partial charge in [0.15, 0.2) is 17.5 Å². The molecule has 0 bridgehead atoms. The third kappa shape index (κ3) is 5.30. The lowest BCUT2D eigenvalue weighted by Crippen LogP contribution is -2.01. The highest BCUT2D eigenvalue weighted by atomic mass is 16.3. The van der Waals surface area contributed by atoms with Crippen LogP contribution in [0.3, 0.4) is 0 Å². The molecule has 0 saturated carbocycles. The Hall–Kier alpha value is -6.13. The topological polar surface area (TPSA) is 51.8 Å². The monoisotopic (exact) mass is 577 g/mol. The predicted molar refractivity (Wildman–Crippen MR) is 182 cm³/mol. The second-order valence-corrected chi connectivity index (χ2v) is 10.9. The summed E-state index contributed by atoms with van der Waals surface area (Å²) >= 11 is 0. The van der Waals surface area contributed by atoms with E-state index in [1.54, 1.807) is 0 Å². The normalized spacial score (nSPS) is 11.1. The van der Waals surface area contributed by atoms with E-state index in [1.807, 2.05) is 36.4 Å². The molecule has 0 atom stereocenters. The molecule has 4 nitrogen and oxygen atoms in total. The molecule has 212 valence electrons. The average molecular weight is 578 g/mol. The largest absolute Gasteiger partial charge is 0.456 e. The summed E-state index contributed by atoms with van der Waals surface area (Å²) in [6, 6.07) is 55.7. The van der Waals surface area contributed by atoms with Gasteiger partial charge in [-0.2, -0.15) is 0 Å². The van der Waals surface area contributed by atoms with Gasteiger partial charge in [0.25, 0.3) is 0 Å². The van der Waals surface area contributed by atoms with E-state index in [0.717, 1.165) is 61.2 Å². The molecule has 0 amide bonds. The molecular formula is C41H27N3O. The summed E-state index contributed by atoms with van der Waals surface area (Å²) in [4.78, 5) is 15.2. The Kier molecular flexibility index (Phi) is 6.78. The Morgan fingerprint density at radius 2 is 0.889 bits per heavy atom. The van der Waals surface area contributed by atoms with Gasteiger partial charge in [0.05, 0.1) is 0 Å². The second-order valence-electron chi connectivity index (χ2n) is 10.9. The first-order valence-electron chi connectivity index (χ1n) is 14.9. The van der Waals surface area contributed by atoms with Crippen LogP contribution in [0.1, 0.15) is 0 Å². The molecule has 0 unspecified atom stereocenters. The fraction of sp³-hybridized carbons (Fsp3) is 0. The van der Waals surface area contributed by atoms with Crippen molar-refractivity contribution in [2.45, 2.75) is 0 Å². The van der Waals surface area contributed by atoms with E-state index in [4.69, 9.17) is 19.4 Å². The van der Waals surface area contributed by atoms with Crippen molar-refractivity contribution in [3.63, 3.8) is 0 Å². The Morgan fingerprint density at radius 1 is 0.333 bits per heavy atom. The molecule has 0 fully saturated rings. The van der Waals surface area contributed by atoms with Crippen LogP contribution in [0.15, 0.2) is 168 Å². The van der Waals surface area contributed by atoms with Crippen LogP contribution < -0.4 is 0 Å². The number of rotatable bonds is 6. The van der Waals surface area contributed by atoms with Crippen molar-refractivity contribution in [3.05, 3.63) is 164 Å². The highest BCUT2D eigenvalue weighted by Gasteiger charge is 2.16. The van der Waals surface area contributed by atoms with Crippen molar-refractivity contribution in [3.8, 4) is 67.7 Å². The van der Waals surface area contributed by atoms with Crippen molar-refractivity contribution in [2.24, 2.45) is 0 Å². The van der Waals surface area contributed by atoms with E-state index in [0.29, 0.717) is 17.5 Å². The standard InChI is InChI=1S/C41H27N3O/c1-3-12-28(13-4-1)32-17-11-18-34(26-32)40-42-39(31-24-22-30(23-25-31)38-27-33-16-7-10-21-37(33)45-38)43-41(44-40)36-20-9-8-19-35(36)29-14-5-2-6-15-29/h1-27H. The molecule has 0 spiro atoms. The molecule has 8 rings (SSSR count). The van der Waals surface area contributed by atoms with Gasteiger partial charge in [0.1, 0.15) is 11.3 Å². The Morgan fingerprint density at radius 3 is 1.64 bits per heavy atom. The van der Waals surface area contributed by atoms with Crippen molar-refractivity contribution in [1.29, 1.82) is 0 Å². The summed E-state index contributed by atoms with van der Waals surface area (Å²) in [6.07, 6.45) is 0. The van der Waals surface area contributed by atoms with Gasteiger partial charge < -0.3 is 4.42 Å². The van der Waals surface area contributed by atoms with Crippen LogP contribution in [0, 0.1) is 0 Å². The van der Waals surface area contributed by atoms with Crippen molar-refractivity contribution in [1.82, 2.24) is 15.0 Å². The maximum atomic E-state index is 6.12. The second kappa shape index (κ2) is 11.5. The van der Waals surface area contributed by atoms with Gasteiger partial charge in [-0.05, 0) is 40.5 Å². The zero-order chi connectivity index (χ0) is 30.0. The van der Waals surface area contributed by atoms with Gasteiger partial charge in [0, 0.05) is 27.6 Å². The van der Waals surface area contributed by atoms with Gasteiger partial charge in [-0.3, -0.25) is 0 Å². The van der Waals surface area contributed by atoms with Gasteiger partial charge in [-0.15, -0.1) is 0 Å². The summed E-state index contributed by atoms with van der Waals surface area (Å²) in [5.74, 6) is 2.69. The van der Waals surface area contributed by atoms with E-state index in [1.165, 1.54) is 0 Å². The Bertz CT molecular complexity index is 2220. The first-order chi connectivity index (χ1) is 22.3. The first kappa shape index (κ1) is 26.5. The first-order valence-corrected chi connectivity index (χ1v) is 14.9. The van der Waals surface area contributed by atoms with Crippen molar-refractivity contribution in [2.75, 3.05) is 0 Å². The number of hydrogen-bond acceptors (Lipinski definition) is 4. The number of aromatic nitrogens is 3. The predicted octanol–water partition coefficient (Wildman–Crippen LogP) is 10.6.